The Morgan fingerprint density at radius 1 is 1.43 bits per heavy atom. The summed E-state index contributed by atoms with van der Waals surface area (Å²) < 4.78 is 0.915. The maximum atomic E-state index is 10.9. The van der Waals surface area contributed by atoms with E-state index in [1.54, 1.807) is 18.2 Å². The number of thiophene rings is 1. The molecule has 2 N–H and O–H groups in total. The molecule has 0 fully saturated rings. The topological polar surface area (TPSA) is 66.9 Å². The van der Waals surface area contributed by atoms with E-state index >= 15 is 0 Å². The summed E-state index contributed by atoms with van der Waals surface area (Å²) in [5.74, 6) is -0.426. The minimum Gasteiger partial charge on any atom is -0.365 e. The molecule has 68 valence electrons. The van der Waals surface area contributed by atoms with Crippen molar-refractivity contribution in [2.75, 3.05) is 0 Å². The van der Waals surface area contributed by atoms with Crippen LogP contribution in [0, 0.1) is 11.3 Å². The predicted molar refractivity (Wildman–Crippen MR) is 55.1 cm³/mol. The number of benzene rings is 1. The number of fused-ring (bicyclic) bond motifs is 1. The van der Waals surface area contributed by atoms with Crippen molar-refractivity contribution in [3.63, 3.8) is 0 Å². The van der Waals surface area contributed by atoms with Crippen molar-refractivity contribution in [3.05, 3.63) is 34.7 Å². The van der Waals surface area contributed by atoms with Crippen molar-refractivity contribution >= 4 is 27.3 Å². The van der Waals surface area contributed by atoms with E-state index in [1.165, 1.54) is 11.3 Å². The van der Waals surface area contributed by atoms with E-state index in [0.717, 1.165) is 10.1 Å². The minimum absolute atomic E-state index is 0.426. The molecule has 1 aromatic heterocycles. The van der Waals surface area contributed by atoms with Gasteiger partial charge in [0, 0.05) is 4.70 Å². The molecular formula is C10H6N2OS. The van der Waals surface area contributed by atoms with Crippen LogP contribution < -0.4 is 5.73 Å². The van der Waals surface area contributed by atoms with E-state index in [-0.39, 0.29) is 0 Å². The average molecular weight is 202 g/mol. The number of nitriles is 1. The van der Waals surface area contributed by atoms with Crippen molar-refractivity contribution < 1.29 is 4.79 Å². The Kier molecular flexibility index (Phi) is 1.95. The molecule has 1 aromatic carbocycles. The van der Waals surface area contributed by atoms with Crippen molar-refractivity contribution in [1.82, 2.24) is 0 Å². The molecule has 0 unspecified atom stereocenters. The number of rotatable bonds is 1. The van der Waals surface area contributed by atoms with Gasteiger partial charge in [0.15, 0.2) is 0 Å². The normalized spacial score (nSPS) is 9.93. The molecule has 0 saturated heterocycles. The SMILES string of the molecule is N#Cc1ccc2cc(C(N)=O)sc2c1. The molecule has 0 aliphatic rings. The lowest BCUT2D eigenvalue weighted by molar-refractivity contribution is 0.100. The summed E-state index contributed by atoms with van der Waals surface area (Å²) in [5.41, 5.74) is 5.75. The number of amides is 1. The van der Waals surface area contributed by atoms with Crippen LogP contribution in [0.1, 0.15) is 15.2 Å². The number of hydrogen-bond acceptors (Lipinski definition) is 3. The molecule has 0 aliphatic heterocycles. The fourth-order valence-corrected chi connectivity index (χ4v) is 2.18. The van der Waals surface area contributed by atoms with Gasteiger partial charge in [0.2, 0.25) is 0 Å². The molecule has 3 nitrogen and oxygen atoms in total. The number of nitrogens with two attached hydrogens (primary N) is 1. The first-order valence-corrected chi connectivity index (χ1v) is 4.76. The standard InChI is InChI=1S/C10H6N2OS/c11-5-6-1-2-7-4-9(10(12)13)14-8(7)3-6/h1-4H,(H2,12,13). The van der Waals surface area contributed by atoms with Gasteiger partial charge in [-0.25, -0.2) is 0 Å². The van der Waals surface area contributed by atoms with Crippen molar-refractivity contribution in [2.24, 2.45) is 5.73 Å². The smallest absolute Gasteiger partial charge is 0.258 e. The maximum absolute atomic E-state index is 10.9. The second kappa shape index (κ2) is 3.13. The number of nitrogens with zero attached hydrogens (tertiary/aromatic N) is 1. The Bertz CT molecular complexity index is 551. The summed E-state index contributed by atoms with van der Waals surface area (Å²) in [5, 5.41) is 9.62. The number of carbonyl (C=O) groups excluding carboxylic acids is 1. The Labute approximate surface area is 84.4 Å². The van der Waals surface area contributed by atoms with E-state index < -0.39 is 5.91 Å². The fourth-order valence-electron chi connectivity index (χ4n) is 1.22. The second-order valence-electron chi connectivity index (χ2n) is 2.84. The third-order valence-electron chi connectivity index (χ3n) is 1.89. The summed E-state index contributed by atoms with van der Waals surface area (Å²) in [6.45, 7) is 0. The molecular weight excluding hydrogens is 196 g/mol. The summed E-state index contributed by atoms with van der Waals surface area (Å²) >= 11 is 1.31. The first kappa shape index (κ1) is 8.73. The monoisotopic (exact) mass is 202 g/mol. The van der Waals surface area contributed by atoms with Crippen LogP contribution >= 0.6 is 11.3 Å². The molecule has 0 aliphatic carbocycles. The van der Waals surface area contributed by atoms with Gasteiger partial charge in [-0.15, -0.1) is 11.3 Å². The quantitative estimate of drug-likeness (QED) is 0.767. The molecule has 1 amide bonds. The molecule has 1 heterocycles. The van der Waals surface area contributed by atoms with Gasteiger partial charge >= 0.3 is 0 Å². The predicted octanol–water partition coefficient (Wildman–Crippen LogP) is 1.87. The lowest BCUT2D eigenvalue weighted by atomic mass is 10.2. The average Bonchev–Trinajstić information content (AvgIpc) is 2.59. The molecule has 2 aromatic rings. The van der Waals surface area contributed by atoms with Crippen LogP contribution in [0.25, 0.3) is 10.1 Å². The van der Waals surface area contributed by atoms with Crippen LogP contribution in [0.2, 0.25) is 0 Å². The third kappa shape index (κ3) is 1.34. The molecule has 0 radical (unpaired) electrons. The van der Waals surface area contributed by atoms with Crippen molar-refractivity contribution in [2.45, 2.75) is 0 Å². The Balaban J connectivity index is 2.67. The van der Waals surface area contributed by atoms with Gasteiger partial charge in [-0.3, -0.25) is 4.79 Å². The number of carbonyl (C=O) groups is 1. The fraction of sp³-hybridized carbons (Fsp3) is 0. The van der Waals surface area contributed by atoms with E-state index in [9.17, 15) is 4.79 Å². The van der Waals surface area contributed by atoms with E-state index in [1.807, 2.05) is 12.1 Å². The highest BCUT2D eigenvalue weighted by atomic mass is 32.1. The number of primary amides is 1. The molecule has 2 rings (SSSR count). The zero-order valence-corrected chi connectivity index (χ0v) is 7.97. The molecule has 0 saturated carbocycles. The largest absolute Gasteiger partial charge is 0.365 e. The Morgan fingerprint density at radius 2 is 2.21 bits per heavy atom. The molecule has 0 spiro atoms. The van der Waals surface area contributed by atoms with Crippen molar-refractivity contribution in [1.29, 1.82) is 5.26 Å². The van der Waals surface area contributed by atoms with Crippen LogP contribution in [0.4, 0.5) is 0 Å². The van der Waals surface area contributed by atoms with Gasteiger partial charge in [-0.1, -0.05) is 6.07 Å². The highest BCUT2D eigenvalue weighted by Crippen LogP contribution is 2.25. The first-order chi connectivity index (χ1) is 6.70. The zero-order chi connectivity index (χ0) is 10.1. The molecule has 0 atom stereocenters. The Morgan fingerprint density at radius 3 is 2.86 bits per heavy atom. The van der Waals surface area contributed by atoms with E-state index in [4.69, 9.17) is 11.0 Å². The van der Waals surface area contributed by atoms with Crippen LogP contribution in [-0.2, 0) is 0 Å². The van der Waals surface area contributed by atoms with Crippen molar-refractivity contribution in [3.8, 4) is 6.07 Å². The summed E-state index contributed by atoms with van der Waals surface area (Å²) in [4.78, 5) is 11.4. The minimum atomic E-state index is -0.426. The second-order valence-corrected chi connectivity index (χ2v) is 3.92. The van der Waals surface area contributed by atoms with Crippen LogP contribution in [-0.4, -0.2) is 5.91 Å². The zero-order valence-electron chi connectivity index (χ0n) is 7.15. The summed E-state index contributed by atoms with van der Waals surface area (Å²) in [7, 11) is 0. The highest BCUT2D eigenvalue weighted by molar-refractivity contribution is 7.20. The van der Waals surface area contributed by atoms with E-state index in [0.29, 0.717) is 10.4 Å². The van der Waals surface area contributed by atoms with Gasteiger partial charge in [-0.2, -0.15) is 5.26 Å². The van der Waals surface area contributed by atoms with E-state index in [2.05, 4.69) is 0 Å². The Hall–Kier alpha value is -1.86. The van der Waals surface area contributed by atoms with Gasteiger partial charge in [0.05, 0.1) is 16.5 Å². The first-order valence-electron chi connectivity index (χ1n) is 3.94. The van der Waals surface area contributed by atoms with Crippen LogP contribution in [0.3, 0.4) is 0 Å². The van der Waals surface area contributed by atoms with Gasteiger partial charge in [0.1, 0.15) is 0 Å². The molecule has 14 heavy (non-hydrogen) atoms. The van der Waals surface area contributed by atoms with Crippen LogP contribution in [0.15, 0.2) is 24.3 Å². The van der Waals surface area contributed by atoms with Gasteiger partial charge in [-0.05, 0) is 23.6 Å². The van der Waals surface area contributed by atoms with Gasteiger partial charge < -0.3 is 5.73 Å². The third-order valence-corrected chi connectivity index (χ3v) is 3.00. The highest BCUT2D eigenvalue weighted by Gasteiger charge is 2.06. The lowest BCUT2D eigenvalue weighted by Crippen LogP contribution is -2.07. The summed E-state index contributed by atoms with van der Waals surface area (Å²) in [6, 6.07) is 9.08. The lowest BCUT2D eigenvalue weighted by Gasteiger charge is -1.87. The number of hydrogen-bond donors (Lipinski definition) is 1. The maximum Gasteiger partial charge on any atom is 0.258 e. The summed E-state index contributed by atoms with van der Waals surface area (Å²) in [6.07, 6.45) is 0. The van der Waals surface area contributed by atoms with Crippen LogP contribution in [0.5, 0.6) is 0 Å². The molecule has 0 bridgehead atoms. The molecule has 4 heteroatoms. The van der Waals surface area contributed by atoms with Gasteiger partial charge in [0.25, 0.3) is 5.91 Å².